The van der Waals surface area contributed by atoms with Crippen LogP contribution in [0.5, 0.6) is 0 Å². The van der Waals surface area contributed by atoms with Gasteiger partial charge >= 0.3 is 0 Å². The zero-order valence-corrected chi connectivity index (χ0v) is 15.0. The van der Waals surface area contributed by atoms with Crippen LogP contribution in [0.2, 0.25) is 0 Å². The highest BCUT2D eigenvalue weighted by molar-refractivity contribution is 5.24. The molecule has 1 saturated carbocycles. The molecule has 2 heterocycles. The van der Waals surface area contributed by atoms with Crippen LogP contribution < -0.4 is 0 Å². The normalized spacial score (nSPS) is 14.2. The molecule has 1 fully saturated rings. The van der Waals surface area contributed by atoms with Crippen molar-refractivity contribution >= 4 is 0 Å². The Morgan fingerprint density at radius 2 is 1.88 bits per heavy atom. The molecule has 1 aliphatic rings. The van der Waals surface area contributed by atoms with Crippen molar-refractivity contribution in [3.8, 4) is 0 Å². The molecule has 0 amide bonds. The Hall–Kier alpha value is -2.43. The lowest BCUT2D eigenvalue weighted by Gasteiger charge is -2.06. The van der Waals surface area contributed by atoms with E-state index in [1.165, 1.54) is 24.0 Å². The molecule has 5 heteroatoms. The summed E-state index contributed by atoms with van der Waals surface area (Å²) in [4.78, 5) is 4.86. The number of hydrogen-bond acceptors (Lipinski definition) is 3. The zero-order valence-electron chi connectivity index (χ0n) is 15.0. The SMILES string of the molecule is Cc1n[nH]c(C)c1CCc1nc(C2CC2)nn1CCc1ccccc1. The van der Waals surface area contributed by atoms with Crippen molar-refractivity contribution in [1.29, 1.82) is 0 Å². The molecule has 0 bridgehead atoms. The number of aryl methyl sites for hydroxylation is 5. The Labute approximate surface area is 148 Å². The fraction of sp³-hybridized carbons (Fsp3) is 0.450. The lowest BCUT2D eigenvalue weighted by atomic mass is 10.1. The van der Waals surface area contributed by atoms with E-state index in [9.17, 15) is 0 Å². The Morgan fingerprint density at radius 1 is 1.08 bits per heavy atom. The second-order valence-electron chi connectivity index (χ2n) is 7.03. The third-order valence-corrected chi connectivity index (χ3v) is 5.04. The van der Waals surface area contributed by atoms with E-state index < -0.39 is 0 Å². The van der Waals surface area contributed by atoms with Gasteiger partial charge in [-0.25, -0.2) is 9.67 Å². The smallest absolute Gasteiger partial charge is 0.154 e. The fourth-order valence-corrected chi connectivity index (χ4v) is 3.33. The molecule has 1 N–H and O–H groups in total. The van der Waals surface area contributed by atoms with E-state index in [-0.39, 0.29) is 0 Å². The molecule has 0 aliphatic heterocycles. The highest BCUT2D eigenvalue weighted by Gasteiger charge is 2.28. The van der Waals surface area contributed by atoms with Crippen LogP contribution in [-0.2, 0) is 25.8 Å². The van der Waals surface area contributed by atoms with Gasteiger partial charge in [-0.2, -0.15) is 10.2 Å². The zero-order chi connectivity index (χ0) is 17.2. The van der Waals surface area contributed by atoms with Crippen LogP contribution in [0.3, 0.4) is 0 Å². The van der Waals surface area contributed by atoms with E-state index in [1.54, 1.807) is 0 Å². The first-order chi connectivity index (χ1) is 12.2. The molecule has 0 saturated heterocycles. The third-order valence-electron chi connectivity index (χ3n) is 5.04. The topological polar surface area (TPSA) is 59.4 Å². The quantitative estimate of drug-likeness (QED) is 0.718. The first-order valence-corrected chi connectivity index (χ1v) is 9.18. The highest BCUT2D eigenvalue weighted by atomic mass is 15.3. The van der Waals surface area contributed by atoms with Crippen LogP contribution >= 0.6 is 0 Å². The summed E-state index contributed by atoms with van der Waals surface area (Å²) in [7, 11) is 0. The standard InChI is InChI=1S/C20H25N5/c1-14-18(15(2)23-22-14)10-11-19-21-20(17-8-9-17)24-25(19)13-12-16-6-4-3-5-7-16/h3-7,17H,8-13H2,1-2H3,(H,22,23). The first kappa shape index (κ1) is 16.1. The maximum atomic E-state index is 4.86. The number of benzene rings is 1. The van der Waals surface area contributed by atoms with Crippen molar-refractivity contribution in [3.63, 3.8) is 0 Å². The van der Waals surface area contributed by atoms with Gasteiger partial charge in [0, 0.05) is 24.6 Å². The minimum absolute atomic E-state index is 0.592. The summed E-state index contributed by atoms with van der Waals surface area (Å²) in [5.41, 5.74) is 4.91. The second-order valence-corrected chi connectivity index (χ2v) is 7.03. The second kappa shape index (κ2) is 6.82. The summed E-state index contributed by atoms with van der Waals surface area (Å²) in [6.45, 7) is 5.04. The number of H-pyrrole nitrogens is 1. The largest absolute Gasteiger partial charge is 0.282 e. The molecule has 4 rings (SSSR count). The fourth-order valence-electron chi connectivity index (χ4n) is 3.33. The molecule has 3 aromatic rings. The molecule has 25 heavy (non-hydrogen) atoms. The van der Waals surface area contributed by atoms with E-state index in [1.807, 2.05) is 0 Å². The molecular weight excluding hydrogens is 310 g/mol. The average molecular weight is 335 g/mol. The van der Waals surface area contributed by atoms with Crippen LogP contribution in [0, 0.1) is 13.8 Å². The number of hydrogen-bond donors (Lipinski definition) is 1. The Morgan fingerprint density at radius 3 is 2.56 bits per heavy atom. The summed E-state index contributed by atoms with van der Waals surface area (Å²) in [6.07, 6.45) is 5.34. The van der Waals surface area contributed by atoms with Gasteiger partial charge in [0.05, 0.1) is 5.69 Å². The monoisotopic (exact) mass is 335 g/mol. The summed E-state index contributed by atoms with van der Waals surface area (Å²) >= 11 is 0. The van der Waals surface area contributed by atoms with Gasteiger partial charge in [-0.15, -0.1) is 0 Å². The lowest BCUT2D eigenvalue weighted by Crippen LogP contribution is -2.09. The van der Waals surface area contributed by atoms with E-state index in [0.717, 1.165) is 48.8 Å². The van der Waals surface area contributed by atoms with Crippen LogP contribution in [0.25, 0.3) is 0 Å². The molecule has 1 aromatic carbocycles. The van der Waals surface area contributed by atoms with Crippen molar-refractivity contribution in [2.24, 2.45) is 0 Å². The van der Waals surface area contributed by atoms with Gasteiger partial charge in [0.1, 0.15) is 5.82 Å². The Balaban J connectivity index is 1.49. The van der Waals surface area contributed by atoms with Gasteiger partial charge in [0.25, 0.3) is 0 Å². The number of rotatable bonds is 7. The Kier molecular flexibility index (Phi) is 4.38. The molecule has 2 aromatic heterocycles. The van der Waals surface area contributed by atoms with Crippen LogP contribution in [-0.4, -0.2) is 25.0 Å². The van der Waals surface area contributed by atoms with Gasteiger partial charge in [0.2, 0.25) is 0 Å². The maximum absolute atomic E-state index is 4.86. The van der Waals surface area contributed by atoms with Gasteiger partial charge in [-0.1, -0.05) is 30.3 Å². The number of aromatic amines is 1. The summed E-state index contributed by atoms with van der Waals surface area (Å²) < 4.78 is 2.13. The van der Waals surface area contributed by atoms with E-state index in [0.29, 0.717) is 5.92 Å². The molecule has 0 unspecified atom stereocenters. The van der Waals surface area contributed by atoms with Crippen molar-refractivity contribution < 1.29 is 0 Å². The van der Waals surface area contributed by atoms with E-state index >= 15 is 0 Å². The van der Waals surface area contributed by atoms with E-state index in [4.69, 9.17) is 10.1 Å². The summed E-state index contributed by atoms with van der Waals surface area (Å²) in [5.74, 6) is 2.75. The number of nitrogens with zero attached hydrogens (tertiary/aromatic N) is 4. The van der Waals surface area contributed by atoms with Crippen molar-refractivity contribution in [1.82, 2.24) is 25.0 Å². The predicted octanol–water partition coefficient (Wildman–Crippen LogP) is 3.52. The summed E-state index contributed by atoms with van der Waals surface area (Å²) in [6, 6.07) is 10.6. The third kappa shape index (κ3) is 3.65. The van der Waals surface area contributed by atoms with Crippen molar-refractivity contribution in [3.05, 3.63) is 64.5 Å². The first-order valence-electron chi connectivity index (χ1n) is 9.18. The average Bonchev–Trinajstić information content (AvgIpc) is 3.33. The van der Waals surface area contributed by atoms with Crippen molar-refractivity contribution in [2.75, 3.05) is 0 Å². The highest BCUT2D eigenvalue weighted by Crippen LogP contribution is 2.38. The maximum Gasteiger partial charge on any atom is 0.154 e. The number of nitrogens with one attached hydrogen (secondary N) is 1. The van der Waals surface area contributed by atoms with Crippen LogP contribution in [0.4, 0.5) is 0 Å². The molecule has 0 spiro atoms. The van der Waals surface area contributed by atoms with Crippen LogP contribution in [0.1, 0.15) is 52.9 Å². The summed E-state index contributed by atoms with van der Waals surface area (Å²) in [5, 5.41) is 12.2. The van der Waals surface area contributed by atoms with Gasteiger partial charge in [-0.05, 0) is 50.7 Å². The van der Waals surface area contributed by atoms with Gasteiger partial charge < -0.3 is 0 Å². The van der Waals surface area contributed by atoms with Gasteiger partial charge in [-0.3, -0.25) is 5.10 Å². The minimum Gasteiger partial charge on any atom is -0.282 e. The minimum atomic E-state index is 0.592. The van der Waals surface area contributed by atoms with Crippen molar-refractivity contribution in [2.45, 2.75) is 58.4 Å². The van der Waals surface area contributed by atoms with Gasteiger partial charge in [0.15, 0.2) is 5.82 Å². The Bertz CT molecular complexity index is 823. The molecule has 5 nitrogen and oxygen atoms in total. The molecule has 130 valence electrons. The molecule has 0 atom stereocenters. The molecule has 0 radical (unpaired) electrons. The molecule has 1 aliphatic carbocycles. The van der Waals surface area contributed by atoms with E-state index in [2.05, 4.69) is 59.1 Å². The lowest BCUT2D eigenvalue weighted by molar-refractivity contribution is 0.572. The predicted molar refractivity (Wildman–Crippen MR) is 97.6 cm³/mol. The molecular formula is C20H25N5. The van der Waals surface area contributed by atoms with Crippen LogP contribution in [0.15, 0.2) is 30.3 Å². The number of aromatic nitrogens is 5.